The van der Waals surface area contributed by atoms with Crippen LogP contribution in [0.25, 0.3) is 11.1 Å². The van der Waals surface area contributed by atoms with Crippen LogP contribution in [0.3, 0.4) is 0 Å². The second kappa shape index (κ2) is 8.31. The van der Waals surface area contributed by atoms with Gasteiger partial charge in [-0.3, -0.25) is 9.78 Å². The van der Waals surface area contributed by atoms with Crippen LogP contribution in [0, 0.1) is 13.8 Å². The van der Waals surface area contributed by atoms with Crippen molar-refractivity contribution >= 4 is 17.5 Å². The molecule has 7 nitrogen and oxygen atoms in total. The number of halogens is 1. The highest BCUT2D eigenvalue weighted by Gasteiger charge is 2.26. The number of nitrogens with zero attached hydrogens (tertiary/aromatic N) is 5. The van der Waals surface area contributed by atoms with E-state index in [9.17, 15) is 4.79 Å². The lowest BCUT2D eigenvalue weighted by atomic mass is 10.1. The van der Waals surface area contributed by atoms with Gasteiger partial charge in [0.2, 0.25) is 5.91 Å². The molecule has 0 aliphatic carbocycles. The molecule has 3 aromatic rings. The zero-order valence-corrected chi connectivity index (χ0v) is 17.1. The van der Waals surface area contributed by atoms with Crippen LogP contribution in [-0.4, -0.2) is 50.3 Å². The van der Waals surface area contributed by atoms with Crippen LogP contribution >= 0.6 is 11.6 Å². The number of amides is 1. The SMILES string of the molecule is Cc1nc(C)n(CC(=O)N2CCOC(c3ccc(-c4cccc(Cl)c4)cn3)C2)n1. The van der Waals surface area contributed by atoms with Gasteiger partial charge in [0, 0.05) is 23.3 Å². The fourth-order valence-corrected chi connectivity index (χ4v) is 3.62. The first-order valence-corrected chi connectivity index (χ1v) is 9.87. The smallest absolute Gasteiger partial charge is 0.244 e. The maximum atomic E-state index is 12.7. The first kappa shape index (κ1) is 19.5. The molecule has 1 aliphatic rings. The standard InChI is InChI=1S/C21H22ClN5O2/c1-14-24-15(2)27(25-14)13-21(28)26-8-9-29-20(12-26)19-7-6-17(11-23-19)16-4-3-5-18(22)10-16/h3-7,10-11,20H,8-9,12-13H2,1-2H3. The minimum Gasteiger partial charge on any atom is -0.368 e. The summed E-state index contributed by atoms with van der Waals surface area (Å²) < 4.78 is 7.51. The Morgan fingerprint density at radius 2 is 2.10 bits per heavy atom. The molecular formula is C21H22ClN5O2. The number of benzene rings is 1. The summed E-state index contributed by atoms with van der Waals surface area (Å²) >= 11 is 6.07. The molecule has 3 heterocycles. The summed E-state index contributed by atoms with van der Waals surface area (Å²) in [6, 6.07) is 11.6. The average molecular weight is 412 g/mol. The number of morpholine rings is 1. The van der Waals surface area contributed by atoms with Crippen molar-refractivity contribution < 1.29 is 9.53 Å². The monoisotopic (exact) mass is 411 g/mol. The van der Waals surface area contributed by atoms with Gasteiger partial charge < -0.3 is 9.64 Å². The lowest BCUT2D eigenvalue weighted by Gasteiger charge is -2.32. The molecule has 1 unspecified atom stereocenters. The Bertz CT molecular complexity index is 1020. The first-order valence-electron chi connectivity index (χ1n) is 9.49. The van der Waals surface area contributed by atoms with Gasteiger partial charge in [0.15, 0.2) is 0 Å². The summed E-state index contributed by atoms with van der Waals surface area (Å²) in [5, 5.41) is 4.96. The first-order chi connectivity index (χ1) is 14.0. The summed E-state index contributed by atoms with van der Waals surface area (Å²) in [5.74, 6) is 1.40. The number of aromatic nitrogens is 4. The third-order valence-corrected chi connectivity index (χ3v) is 5.18. The van der Waals surface area contributed by atoms with E-state index in [4.69, 9.17) is 16.3 Å². The topological polar surface area (TPSA) is 73.1 Å². The van der Waals surface area contributed by atoms with Crippen molar-refractivity contribution in [1.29, 1.82) is 0 Å². The third kappa shape index (κ3) is 4.46. The number of carbonyl (C=O) groups excluding carboxylic acids is 1. The molecule has 0 saturated carbocycles. The lowest BCUT2D eigenvalue weighted by Crippen LogP contribution is -2.44. The zero-order chi connectivity index (χ0) is 20.4. The van der Waals surface area contributed by atoms with Crippen LogP contribution in [0.15, 0.2) is 42.6 Å². The van der Waals surface area contributed by atoms with E-state index in [2.05, 4.69) is 15.1 Å². The molecule has 1 aliphatic heterocycles. The number of ether oxygens (including phenoxy) is 1. The van der Waals surface area contributed by atoms with Gasteiger partial charge >= 0.3 is 0 Å². The minimum absolute atomic E-state index is 0.00171. The quantitative estimate of drug-likeness (QED) is 0.659. The van der Waals surface area contributed by atoms with Gasteiger partial charge in [0.1, 0.15) is 24.3 Å². The van der Waals surface area contributed by atoms with E-state index in [1.165, 1.54) is 0 Å². The Hall–Kier alpha value is -2.77. The molecule has 4 rings (SSSR count). The summed E-state index contributed by atoms with van der Waals surface area (Å²) in [4.78, 5) is 23.3. The van der Waals surface area contributed by atoms with Gasteiger partial charge in [-0.15, -0.1) is 0 Å². The molecule has 0 bridgehead atoms. The highest BCUT2D eigenvalue weighted by atomic mass is 35.5. The van der Waals surface area contributed by atoms with Crippen LogP contribution in [0.5, 0.6) is 0 Å². The Morgan fingerprint density at radius 3 is 2.79 bits per heavy atom. The van der Waals surface area contributed by atoms with Gasteiger partial charge in [-0.25, -0.2) is 9.67 Å². The van der Waals surface area contributed by atoms with Gasteiger partial charge in [-0.1, -0.05) is 29.8 Å². The Balaban J connectivity index is 1.44. The summed E-state index contributed by atoms with van der Waals surface area (Å²) in [7, 11) is 0. The fraction of sp³-hybridized carbons (Fsp3) is 0.333. The molecule has 1 saturated heterocycles. The fourth-order valence-electron chi connectivity index (χ4n) is 3.43. The van der Waals surface area contributed by atoms with Gasteiger partial charge in [0.05, 0.1) is 18.8 Å². The van der Waals surface area contributed by atoms with Gasteiger partial charge in [0.25, 0.3) is 0 Å². The van der Waals surface area contributed by atoms with E-state index in [0.717, 1.165) is 22.6 Å². The van der Waals surface area contributed by atoms with E-state index in [1.54, 1.807) is 9.58 Å². The maximum absolute atomic E-state index is 12.7. The second-order valence-electron chi connectivity index (χ2n) is 7.05. The summed E-state index contributed by atoms with van der Waals surface area (Å²) in [6.07, 6.45) is 1.56. The largest absolute Gasteiger partial charge is 0.368 e. The van der Waals surface area contributed by atoms with Crippen LogP contribution < -0.4 is 0 Å². The highest BCUT2D eigenvalue weighted by molar-refractivity contribution is 6.30. The molecule has 0 N–H and O–H groups in total. The predicted molar refractivity (Wildman–Crippen MR) is 109 cm³/mol. The summed E-state index contributed by atoms with van der Waals surface area (Å²) in [6.45, 7) is 5.35. The van der Waals surface area contributed by atoms with E-state index < -0.39 is 0 Å². The van der Waals surface area contributed by atoms with Crippen LogP contribution in [0.4, 0.5) is 0 Å². The molecule has 0 spiro atoms. The minimum atomic E-state index is -0.250. The zero-order valence-electron chi connectivity index (χ0n) is 16.4. The molecule has 29 heavy (non-hydrogen) atoms. The molecule has 1 fully saturated rings. The average Bonchev–Trinajstić information content (AvgIpc) is 3.05. The van der Waals surface area contributed by atoms with Crippen molar-refractivity contribution in [2.75, 3.05) is 19.7 Å². The van der Waals surface area contributed by atoms with Crippen LogP contribution in [0.2, 0.25) is 5.02 Å². The van der Waals surface area contributed by atoms with Gasteiger partial charge in [-0.05, 0) is 37.6 Å². The number of pyridine rings is 1. The van der Waals surface area contributed by atoms with Crippen molar-refractivity contribution in [3.8, 4) is 11.1 Å². The number of aryl methyl sites for hydroxylation is 2. The lowest BCUT2D eigenvalue weighted by molar-refractivity contribution is -0.140. The van der Waals surface area contributed by atoms with Crippen molar-refractivity contribution in [1.82, 2.24) is 24.6 Å². The Morgan fingerprint density at radius 1 is 1.24 bits per heavy atom. The molecule has 1 amide bonds. The normalized spacial score (nSPS) is 16.8. The predicted octanol–water partition coefficient (Wildman–Crippen LogP) is 3.21. The molecule has 150 valence electrons. The molecule has 8 heteroatoms. The molecule has 0 radical (unpaired) electrons. The van der Waals surface area contributed by atoms with E-state index >= 15 is 0 Å². The van der Waals surface area contributed by atoms with E-state index in [-0.39, 0.29) is 18.6 Å². The van der Waals surface area contributed by atoms with Crippen molar-refractivity contribution in [2.45, 2.75) is 26.5 Å². The van der Waals surface area contributed by atoms with Crippen LogP contribution in [-0.2, 0) is 16.1 Å². The second-order valence-corrected chi connectivity index (χ2v) is 7.48. The van der Waals surface area contributed by atoms with Crippen molar-refractivity contribution in [3.05, 3.63) is 65.0 Å². The van der Waals surface area contributed by atoms with Crippen LogP contribution in [0.1, 0.15) is 23.4 Å². The molecule has 1 atom stereocenters. The maximum Gasteiger partial charge on any atom is 0.244 e. The molecule has 2 aromatic heterocycles. The number of hydrogen-bond donors (Lipinski definition) is 0. The van der Waals surface area contributed by atoms with E-state index in [0.29, 0.717) is 30.5 Å². The summed E-state index contributed by atoms with van der Waals surface area (Å²) in [5.41, 5.74) is 2.80. The number of hydrogen-bond acceptors (Lipinski definition) is 5. The molecule has 1 aromatic carbocycles. The number of rotatable bonds is 4. The Labute approximate surface area is 174 Å². The Kier molecular flexibility index (Phi) is 5.60. The molecular weight excluding hydrogens is 390 g/mol. The highest BCUT2D eigenvalue weighted by Crippen LogP contribution is 2.25. The van der Waals surface area contributed by atoms with Crippen molar-refractivity contribution in [2.24, 2.45) is 0 Å². The third-order valence-electron chi connectivity index (χ3n) is 4.94. The van der Waals surface area contributed by atoms with Gasteiger partial charge in [-0.2, -0.15) is 5.10 Å². The van der Waals surface area contributed by atoms with E-state index in [1.807, 2.05) is 56.4 Å². The number of carbonyl (C=O) groups is 1. The van der Waals surface area contributed by atoms with Crippen molar-refractivity contribution in [3.63, 3.8) is 0 Å².